The third-order valence-electron chi connectivity index (χ3n) is 6.92. The van der Waals surface area contributed by atoms with Gasteiger partial charge in [0.25, 0.3) is 5.91 Å². The molecule has 0 spiro atoms. The second-order valence-corrected chi connectivity index (χ2v) is 12.8. The van der Waals surface area contributed by atoms with Gasteiger partial charge in [-0.15, -0.1) is 0 Å². The Morgan fingerprint density at radius 2 is 1.88 bits per heavy atom. The number of rotatable bonds is 9. The molecule has 1 aliphatic carbocycles. The standard InChI is InChI=1S/C30H38FN5O5/c1-16(2)36-27(33-28(39)40-29(3,4)5)24(26(32)38)25(34-36)21-9-8-17(11-22(21)31)10-19(37)12-20-13-23(35-41-20)18-14-30(6,7)15-18/h8-9,11,13,16,18H,10,12,14-15H2,1-7H3,(H2,32,38)(H,33,39). The molecule has 3 aromatic rings. The van der Waals surface area contributed by atoms with Crippen molar-refractivity contribution >= 4 is 23.6 Å². The number of hydrogen-bond donors (Lipinski definition) is 2. The van der Waals surface area contributed by atoms with Crippen LogP contribution in [0.2, 0.25) is 0 Å². The SMILES string of the molecule is CC(C)n1nc(-c2ccc(CC(=O)Cc3cc(C4CC(C)(C)C4)no3)cc2F)c(C(N)=O)c1NC(=O)OC(C)(C)C. The van der Waals surface area contributed by atoms with Crippen LogP contribution >= 0.6 is 0 Å². The minimum absolute atomic E-state index is 0.00457. The lowest BCUT2D eigenvalue weighted by Gasteiger charge is -2.41. The molecule has 4 rings (SSSR count). The first-order valence-electron chi connectivity index (χ1n) is 13.7. The number of anilines is 1. The smallest absolute Gasteiger partial charge is 0.413 e. The van der Waals surface area contributed by atoms with Gasteiger partial charge >= 0.3 is 6.09 Å². The number of primary amides is 1. The highest BCUT2D eigenvalue weighted by atomic mass is 19.1. The normalized spacial score (nSPS) is 15.0. The topological polar surface area (TPSA) is 142 Å². The van der Waals surface area contributed by atoms with E-state index in [1.54, 1.807) is 40.7 Å². The zero-order valence-corrected chi connectivity index (χ0v) is 24.6. The molecule has 11 heteroatoms. The highest BCUT2D eigenvalue weighted by molar-refractivity contribution is 6.06. The van der Waals surface area contributed by atoms with Crippen molar-refractivity contribution in [3.05, 3.63) is 52.7 Å². The zero-order valence-electron chi connectivity index (χ0n) is 24.6. The predicted octanol–water partition coefficient (Wildman–Crippen LogP) is 5.96. The van der Waals surface area contributed by atoms with E-state index in [0.29, 0.717) is 22.7 Å². The van der Waals surface area contributed by atoms with Gasteiger partial charge in [-0.2, -0.15) is 5.10 Å². The summed E-state index contributed by atoms with van der Waals surface area (Å²) >= 11 is 0. The highest BCUT2D eigenvalue weighted by Gasteiger charge is 2.38. The van der Waals surface area contributed by atoms with Crippen molar-refractivity contribution in [2.45, 2.75) is 91.7 Å². The maximum absolute atomic E-state index is 15.4. The molecule has 2 aromatic heterocycles. The van der Waals surface area contributed by atoms with Crippen LogP contribution in [0.15, 0.2) is 28.8 Å². The van der Waals surface area contributed by atoms with Crippen LogP contribution in [0.3, 0.4) is 0 Å². The van der Waals surface area contributed by atoms with Crippen molar-refractivity contribution in [3.63, 3.8) is 0 Å². The van der Waals surface area contributed by atoms with E-state index >= 15 is 4.39 Å². The Morgan fingerprint density at radius 1 is 1.20 bits per heavy atom. The molecule has 0 bridgehead atoms. The van der Waals surface area contributed by atoms with Gasteiger partial charge in [-0.25, -0.2) is 13.9 Å². The monoisotopic (exact) mass is 567 g/mol. The summed E-state index contributed by atoms with van der Waals surface area (Å²) in [6.07, 6.45) is 1.29. The fraction of sp³-hybridized carbons (Fsp3) is 0.500. The van der Waals surface area contributed by atoms with Crippen LogP contribution in [0.4, 0.5) is 15.0 Å². The number of ketones is 1. The summed E-state index contributed by atoms with van der Waals surface area (Å²) < 4.78 is 27.5. The fourth-order valence-electron chi connectivity index (χ4n) is 5.18. The molecular formula is C30H38FN5O5. The van der Waals surface area contributed by atoms with Crippen LogP contribution in [-0.2, 0) is 22.4 Å². The number of halogens is 1. The van der Waals surface area contributed by atoms with Crippen LogP contribution in [0.5, 0.6) is 0 Å². The van der Waals surface area contributed by atoms with Crippen LogP contribution in [0.1, 0.15) is 101 Å². The maximum atomic E-state index is 15.4. The van der Waals surface area contributed by atoms with Crippen molar-refractivity contribution in [2.24, 2.45) is 11.1 Å². The first kappa shape index (κ1) is 30.0. The number of nitrogens with zero attached hydrogens (tertiary/aromatic N) is 3. The van der Waals surface area contributed by atoms with E-state index in [9.17, 15) is 14.4 Å². The van der Waals surface area contributed by atoms with E-state index in [-0.39, 0.29) is 47.3 Å². The van der Waals surface area contributed by atoms with Gasteiger partial charge in [0.15, 0.2) is 0 Å². The number of carbonyl (C=O) groups excluding carboxylic acids is 3. The lowest BCUT2D eigenvalue weighted by Crippen LogP contribution is -2.29. The number of benzene rings is 1. The third-order valence-corrected chi connectivity index (χ3v) is 6.92. The molecule has 0 unspecified atom stereocenters. The summed E-state index contributed by atoms with van der Waals surface area (Å²) in [5, 5.41) is 11.1. The van der Waals surface area contributed by atoms with E-state index in [1.807, 2.05) is 6.07 Å². The lowest BCUT2D eigenvalue weighted by atomic mass is 9.63. The van der Waals surface area contributed by atoms with E-state index in [2.05, 4.69) is 29.4 Å². The Bertz CT molecular complexity index is 1470. The number of nitrogens with two attached hydrogens (primary N) is 1. The van der Waals surface area contributed by atoms with Gasteiger partial charge in [-0.1, -0.05) is 25.1 Å². The van der Waals surface area contributed by atoms with Gasteiger partial charge in [-0.3, -0.25) is 14.9 Å². The van der Waals surface area contributed by atoms with Crippen molar-refractivity contribution in [1.29, 1.82) is 0 Å². The molecule has 220 valence electrons. The lowest BCUT2D eigenvalue weighted by molar-refractivity contribution is -0.118. The van der Waals surface area contributed by atoms with Crippen molar-refractivity contribution in [1.82, 2.24) is 14.9 Å². The largest absolute Gasteiger partial charge is 0.444 e. The Morgan fingerprint density at radius 3 is 2.44 bits per heavy atom. The first-order chi connectivity index (χ1) is 19.0. The van der Waals surface area contributed by atoms with E-state index in [4.69, 9.17) is 15.0 Å². The summed E-state index contributed by atoms with van der Waals surface area (Å²) in [4.78, 5) is 37.8. The van der Waals surface area contributed by atoms with Gasteiger partial charge in [0.05, 0.1) is 12.1 Å². The summed E-state index contributed by atoms with van der Waals surface area (Å²) in [5.41, 5.74) is 6.33. The van der Waals surface area contributed by atoms with E-state index < -0.39 is 23.4 Å². The molecule has 0 saturated heterocycles. The van der Waals surface area contributed by atoms with Crippen molar-refractivity contribution in [2.75, 3.05) is 5.32 Å². The molecule has 0 radical (unpaired) electrons. The van der Waals surface area contributed by atoms with Crippen LogP contribution in [-0.4, -0.2) is 38.3 Å². The van der Waals surface area contributed by atoms with Crippen molar-refractivity contribution < 1.29 is 28.0 Å². The number of ether oxygens (including phenoxy) is 1. The summed E-state index contributed by atoms with van der Waals surface area (Å²) in [6.45, 7) is 13.1. The number of hydrogen-bond acceptors (Lipinski definition) is 7. The Labute approximate surface area is 238 Å². The summed E-state index contributed by atoms with van der Waals surface area (Å²) in [7, 11) is 0. The Kier molecular flexibility index (Phi) is 8.11. The molecule has 1 saturated carbocycles. The second kappa shape index (κ2) is 11.1. The van der Waals surface area contributed by atoms with Crippen molar-refractivity contribution in [3.8, 4) is 11.3 Å². The number of nitrogens with one attached hydrogen (secondary N) is 1. The molecule has 41 heavy (non-hydrogen) atoms. The summed E-state index contributed by atoms with van der Waals surface area (Å²) in [5.74, 6) is -0.893. The van der Waals surface area contributed by atoms with E-state index in [0.717, 1.165) is 18.5 Å². The number of amides is 2. The molecule has 2 amide bonds. The number of aromatic nitrogens is 3. The van der Waals surface area contributed by atoms with Gasteiger partial charge < -0.3 is 15.0 Å². The molecule has 0 aliphatic heterocycles. The summed E-state index contributed by atoms with van der Waals surface area (Å²) in [6, 6.07) is 5.80. The average Bonchev–Trinajstić information content (AvgIpc) is 3.41. The molecular weight excluding hydrogens is 529 g/mol. The quantitative estimate of drug-likeness (QED) is 0.325. The Hall–Kier alpha value is -4.02. The van der Waals surface area contributed by atoms with Gasteiger partial charge in [0.1, 0.15) is 40.0 Å². The molecule has 1 aliphatic rings. The van der Waals surface area contributed by atoms with Crippen LogP contribution in [0.25, 0.3) is 11.3 Å². The third kappa shape index (κ3) is 7.01. The predicted molar refractivity (Wildman–Crippen MR) is 151 cm³/mol. The van der Waals surface area contributed by atoms with Crippen LogP contribution < -0.4 is 11.1 Å². The zero-order chi connectivity index (χ0) is 30.3. The minimum atomic E-state index is -0.895. The molecule has 2 heterocycles. The number of carbonyl (C=O) groups is 3. The molecule has 3 N–H and O–H groups in total. The maximum Gasteiger partial charge on any atom is 0.413 e. The van der Waals surface area contributed by atoms with Crippen LogP contribution in [0, 0.1) is 11.2 Å². The van der Waals surface area contributed by atoms with Gasteiger partial charge in [0.2, 0.25) is 0 Å². The molecule has 0 atom stereocenters. The molecule has 10 nitrogen and oxygen atoms in total. The molecule has 1 fully saturated rings. The highest BCUT2D eigenvalue weighted by Crippen LogP contribution is 2.50. The average molecular weight is 568 g/mol. The first-order valence-corrected chi connectivity index (χ1v) is 13.7. The molecule has 1 aromatic carbocycles. The van der Waals surface area contributed by atoms with Gasteiger partial charge in [0, 0.05) is 30.0 Å². The number of Topliss-reactive ketones (excluding diaryl/α,β-unsaturated/α-hetero) is 1. The Balaban J connectivity index is 1.53. The minimum Gasteiger partial charge on any atom is -0.444 e. The van der Waals surface area contributed by atoms with E-state index in [1.165, 1.54) is 16.8 Å². The fourth-order valence-corrected chi connectivity index (χ4v) is 5.18. The second-order valence-electron chi connectivity index (χ2n) is 12.8. The van der Waals surface area contributed by atoms with Gasteiger partial charge in [-0.05, 0) is 70.6 Å².